The van der Waals surface area contributed by atoms with Crippen molar-refractivity contribution in [3.63, 3.8) is 0 Å². The van der Waals surface area contributed by atoms with Gasteiger partial charge in [-0.25, -0.2) is 0 Å². The van der Waals surface area contributed by atoms with Crippen molar-refractivity contribution in [2.45, 2.75) is 5.71 Å². The molecule has 4 rings (SSSR count). The second-order valence-corrected chi connectivity index (χ2v) is 13.6. The average molecular weight is 371 g/mol. The van der Waals surface area contributed by atoms with Crippen LogP contribution in [-0.4, -0.2) is 13.6 Å². The zero-order chi connectivity index (χ0) is 16.4. The van der Waals surface area contributed by atoms with Crippen LogP contribution < -0.4 is 13.1 Å². The molecule has 0 N–H and O–H groups in total. The summed E-state index contributed by atoms with van der Waals surface area (Å²) in [6, 6.07) is 37.7. The van der Waals surface area contributed by atoms with Gasteiger partial charge in [0.2, 0.25) is 0 Å². The van der Waals surface area contributed by atoms with Gasteiger partial charge in [-0.05, 0) is 0 Å². The minimum absolute atomic E-state index is 1.33. The van der Waals surface area contributed by atoms with E-state index in [-0.39, 0.29) is 0 Å². The Morgan fingerprint density at radius 2 is 1.00 bits per heavy atom. The van der Waals surface area contributed by atoms with Crippen molar-refractivity contribution in [3.05, 3.63) is 103 Å². The van der Waals surface area contributed by atoms with Crippen LogP contribution in [0.15, 0.2) is 103 Å². The van der Waals surface area contributed by atoms with Crippen molar-refractivity contribution in [3.8, 4) is 0 Å². The molecule has 0 spiro atoms. The van der Waals surface area contributed by atoms with Crippen molar-refractivity contribution in [1.82, 2.24) is 0 Å². The van der Waals surface area contributed by atoms with Crippen molar-refractivity contribution in [2.24, 2.45) is 0 Å². The van der Waals surface area contributed by atoms with E-state index in [0.29, 0.717) is 0 Å². The molecule has 0 aliphatic rings. The first kappa shape index (κ1) is 15.2. The summed E-state index contributed by atoms with van der Waals surface area (Å²) >= 11 is -2.48. The number of hydrogen-bond acceptors (Lipinski definition) is 0. The maximum absolute atomic E-state index is 2.50. The Hall–Kier alpha value is -2.30. The number of rotatable bonds is 3. The second-order valence-electron chi connectivity index (χ2n) is 6.18. The quantitative estimate of drug-likeness (QED) is 0.479. The van der Waals surface area contributed by atoms with Gasteiger partial charge in [0, 0.05) is 0 Å². The van der Waals surface area contributed by atoms with Gasteiger partial charge in [0.1, 0.15) is 0 Å². The maximum atomic E-state index is 2.50. The molecule has 116 valence electrons. The van der Waals surface area contributed by atoms with Crippen LogP contribution in [0.4, 0.5) is 0 Å². The molecule has 0 aliphatic heterocycles. The summed E-state index contributed by atoms with van der Waals surface area (Å²) in [5, 5.41) is 2.72. The van der Waals surface area contributed by atoms with Gasteiger partial charge in [0.25, 0.3) is 0 Å². The molecule has 0 radical (unpaired) electrons. The van der Waals surface area contributed by atoms with Crippen LogP contribution in [0, 0.1) is 0 Å². The number of benzene rings is 4. The molecular formula is C23H20As+. The third-order valence-electron chi connectivity index (χ3n) is 4.79. The van der Waals surface area contributed by atoms with E-state index in [0.717, 1.165) is 0 Å². The minimum atomic E-state index is -2.48. The molecule has 0 heterocycles. The fraction of sp³-hybridized carbons (Fsp3) is 0.0435. The Morgan fingerprint density at radius 1 is 0.500 bits per heavy atom. The molecule has 0 saturated heterocycles. The second kappa shape index (κ2) is 6.30. The predicted molar refractivity (Wildman–Crippen MR) is 107 cm³/mol. The van der Waals surface area contributed by atoms with Gasteiger partial charge in [0.05, 0.1) is 0 Å². The Balaban J connectivity index is 2.07. The van der Waals surface area contributed by atoms with Crippen LogP contribution in [0.25, 0.3) is 10.8 Å². The monoisotopic (exact) mass is 371 g/mol. The Kier molecular flexibility index (Phi) is 4.00. The fourth-order valence-electron chi connectivity index (χ4n) is 3.48. The van der Waals surface area contributed by atoms with Crippen LogP contribution in [0.5, 0.6) is 0 Å². The third kappa shape index (κ3) is 2.48. The molecule has 0 saturated carbocycles. The molecule has 1 heteroatoms. The first-order valence-corrected chi connectivity index (χ1v) is 13.0. The molecule has 4 aromatic rings. The van der Waals surface area contributed by atoms with Crippen LogP contribution >= 0.6 is 0 Å². The van der Waals surface area contributed by atoms with E-state index in [1.54, 1.807) is 0 Å². The summed E-state index contributed by atoms with van der Waals surface area (Å²) in [5.74, 6) is 0. The molecule has 4 aromatic carbocycles. The molecular weight excluding hydrogens is 351 g/mol. The molecule has 0 atom stereocenters. The molecule has 0 nitrogen and oxygen atoms in total. The summed E-state index contributed by atoms with van der Waals surface area (Å²) in [4.78, 5) is 0. The zero-order valence-corrected chi connectivity index (χ0v) is 15.6. The van der Waals surface area contributed by atoms with E-state index in [1.165, 1.54) is 23.8 Å². The molecule has 0 bridgehead atoms. The van der Waals surface area contributed by atoms with Crippen molar-refractivity contribution < 1.29 is 0 Å². The van der Waals surface area contributed by atoms with E-state index in [9.17, 15) is 0 Å². The van der Waals surface area contributed by atoms with Gasteiger partial charge in [-0.1, -0.05) is 0 Å². The van der Waals surface area contributed by atoms with Gasteiger partial charge in [-0.2, -0.15) is 0 Å². The van der Waals surface area contributed by atoms with Crippen molar-refractivity contribution in [2.75, 3.05) is 0 Å². The normalized spacial score (nSPS) is 11.5. The summed E-state index contributed by atoms with van der Waals surface area (Å²) in [7, 11) is 0. The van der Waals surface area contributed by atoms with Gasteiger partial charge in [-0.3, -0.25) is 0 Å². The Morgan fingerprint density at radius 3 is 1.62 bits per heavy atom. The summed E-state index contributed by atoms with van der Waals surface area (Å²) in [6.45, 7) is 0. The topological polar surface area (TPSA) is 0 Å². The van der Waals surface area contributed by atoms with E-state index in [1.807, 2.05) is 0 Å². The van der Waals surface area contributed by atoms with E-state index >= 15 is 0 Å². The predicted octanol–water partition coefficient (Wildman–Crippen LogP) is 3.94. The third-order valence-corrected chi connectivity index (χ3v) is 13.2. The molecule has 0 unspecified atom stereocenters. The van der Waals surface area contributed by atoms with Crippen LogP contribution in [0.3, 0.4) is 0 Å². The van der Waals surface area contributed by atoms with Gasteiger partial charge in [0.15, 0.2) is 0 Å². The van der Waals surface area contributed by atoms with Gasteiger partial charge < -0.3 is 0 Å². The molecule has 0 aliphatic carbocycles. The number of fused-ring (bicyclic) bond motifs is 1. The van der Waals surface area contributed by atoms with Crippen LogP contribution in [0.1, 0.15) is 0 Å². The standard InChI is InChI=1S/C23H20As/c1-24(20-13-4-2-5-14-20,21-15-6-3-7-16-21)23-18-10-12-19-11-8-9-17-22(19)23/h2-18H,1H3/q+1. The Bertz CT molecular complexity index is 914. The Labute approximate surface area is 146 Å². The van der Waals surface area contributed by atoms with E-state index < -0.39 is 13.6 Å². The summed E-state index contributed by atoms with van der Waals surface area (Å²) < 4.78 is 4.49. The first-order chi connectivity index (χ1) is 11.8. The zero-order valence-electron chi connectivity index (χ0n) is 13.8. The van der Waals surface area contributed by atoms with Crippen molar-refractivity contribution >= 4 is 37.4 Å². The average Bonchev–Trinajstić information content (AvgIpc) is 2.68. The molecule has 0 amide bonds. The van der Waals surface area contributed by atoms with E-state index in [4.69, 9.17) is 0 Å². The van der Waals surface area contributed by atoms with E-state index in [2.05, 4.69) is 109 Å². The summed E-state index contributed by atoms with van der Waals surface area (Å²) in [5.41, 5.74) is 2.50. The van der Waals surface area contributed by atoms with Crippen molar-refractivity contribution in [1.29, 1.82) is 0 Å². The molecule has 24 heavy (non-hydrogen) atoms. The molecule has 0 fully saturated rings. The first-order valence-electron chi connectivity index (χ1n) is 8.26. The van der Waals surface area contributed by atoms with Crippen LogP contribution in [0.2, 0.25) is 5.71 Å². The SMILES string of the molecule is C[As+](c1ccccc1)(c1ccccc1)c1cccc2ccccc12. The van der Waals surface area contributed by atoms with Crippen LogP contribution in [-0.2, 0) is 0 Å². The van der Waals surface area contributed by atoms with Gasteiger partial charge >= 0.3 is 146 Å². The number of hydrogen-bond donors (Lipinski definition) is 0. The summed E-state index contributed by atoms with van der Waals surface area (Å²) in [6.07, 6.45) is 0. The fourth-order valence-corrected chi connectivity index (χ4v) is 10.7. The molecule has 0 aromatic heterocycles. The van der Waals surface area contributed by atoms with Gasteiger partial charge in [-0.15, -0.1) is 0 Å².